The van der Waals surface area contributed by atoms with E-state index in [1.54, 1.807) is 11.8 Å². The molecule has 0 aromatic heterocycles. The first-order chi connectivity index (χ1) is 9.41. The lowest BCUT2D eigenvalue weighted by Crippen LogP contribution is -2.18. The fourth-order valence-corrected chi connectivity index (χ4v) is 3.37. The Bertz CT molecular complexity index is 529. The molecule has 110 valence electrons. The van der Waals surface area contributed by atoms with E-state index in [0.29, 0.717) is 11.6 Å². The summed E-state index contributed by atoms with van der Waals surface area (Å²) in [5.41, 5.74) is 2.22. The average Bonchev–Trinajstić information content (AvgIpc) is 2.72. The molecule has 0 bridgehead atoms. The highest BCUT2D eigenvalue weighted by Crippen LogP contribution is 2.33. The summed E-state index contributed by atoms with van der Waals surface area (Å²) >= 11 is 7.94. The van der Waals surface area contributed by atoms with Gasteiger partial charge in [0.2, 0.25) is 0 Å². The lowest BCUT2D eigenvalue weighted by Gasteiger charge is -2.13. The zero-order valence-electron chi connectivity index (χ0n) is 12.3. The van der Waals surface area contributed by atoms with Gasteiger partial charge in [0, 0.05) is 12.2 Å². The van der Waals surface area contributed by atoms with Crippen molar-refractivity contribution < 1.29 is 9.57 Å². The van der Waals surface area contributed by atoms with Gasteiger partial charge < -0.3 is 9.57 Å². The summed E-state index contributed by atoms with van der Waals surface area (Å²) in [6.45, 7) is 8.74. The van der Waals surface area contributed by atoms with Gasteiger partial charge in [-0.3, -0.25) is 0 Å². The second-order valence-electron chi connectivity index (χ2n) is 5.44. The summed E-state index contributed by atoms with van der Waals surface area (Å²) in [5.74, 6) is 1.60. The third kappa shape index (κ3) is 3.83. The maximum absolute atomic E-state index is 6.23. The zero-order chi connectivity index (χ0) is 14.8. The molecule has 3 nitrogen and oxygen atoms in total. The summed E-state index contributed by atoms with van der Waals surface area (Å²) in [4.78, 5) is 5.37. The van der Waals surface area contributed by atoms with Crippen LogP contribution in [-0.2, 0) is 10.6 Å². The number of hydrogen-bond acceptors (Lipinski definition) is 4. The Hall–Kier alpha value is -0.870. The zero-order valence-corrected chi connectivity index (χ0v) is 13.9. The third-order valence-electron chi connectivity index (χ3n) is 3.06. The van der Waals surface area contributed by atoms with Crippen molar-refractivity contribution in [3.05, 3.63) is 28.3 Å². The van der Waals surface area contributed by atoms with Crippen LogP contribution in [0.1, 0.15) is 38.3 Å². The second-order valence-corrected chi connectivity index (χ2v) is 6.90. The minimum absolute atomic E-state index is 0.173. The van der Waals surface area contributed by atoms with E-state index in [0.717, 1.165) is 23.0 Å². The van der Waals surface area contributed by atoms with E-state index in [9.17, 15) is 0 Å². The van der Waals surface area contributed by atoms with Gasteiger partial charge in [-0.25, -0.2) is 0 Å². The van der Waals surface area contributed by atoms with Gasteiger partial charge in [0.1, 0.15) is 16.4 Å². The maximum atomic E-state index is 6.23. The summed E-state index contributed by atoms with van der Waals surface area (Å²) in [7, 11) is 0. The van der Waals surface area contributed by atoms with Crippen molar-refractivity contribution in [3.8, 4) is 5.75 Å². The molecule has 2 rings (SSSR count). The highest BCUT2D eigenvalue weighted by Gasteiger charge is 2.29. The minimum atomic E-state index is -0.173. The second kappa shape index (κ2) is 6.27. The van der Waals surface area contributed by atoms with Gasteiger partial charge in [-0.1, -0.05) is 16.8 Å². The fourth-order valence-electron chi connectivity index (χ4n) is 1.96. The van der Waals surface area contributed by atoms with Gasteiger partial charge in [-0.05, 0) is 51.0 Å². The molecule has 0 saturated carbocycles. The lowest BCUT2D eigenvalue weighted by atomic mass is 10.1. The minimum Gasteiger partial charge on any atom is -0.492 e. The van der Waals surface area contributed by atoms with Crippen LogP contribution in [0.4, 0.5) is 0 Å². The molecule has 0 saturated heterocycles. The number of rotatable bonds is 4. The van der Waals surface area contributed by atoms with Crippen molar-refractivity contribution in [2.45, 2.75) is 45.5 Å². The van der Waals surface area contributed by atoms with E-state index in [4.69, 9.17) is 21.2 Å². The van der Waals surface area contributed by atoms with Crippen LogP contribution < -0.4 is 4.74 Å². The first kappa shape index (κ1) is 15.5. The highest BCUT2D eigenvalue weighted by molar-refractivity contribution is 8.13. The van der Waals surface area contributed by atoms with E-state index in [2.05, 4.69) is 12.1 Å². The van der Waals surface area contributed by atoms with Crippen molar-refractivity contribution in [1.29, 1.82) is 0 Å². The highest BCUT2D eigenvalue weighted by atomic mass is 35.5. The smallest absolute Gasteiger partial charge is 0.138 e. The molecule has 1 aromatic carbocycles. The number of benzene rings is 1. The SMILES string of the molecule is CCOc1cc(C)c(CSC2=NOC(C)(C)C2)cc1Cl. The van der Waals surface area contributed by atoms with Crippen molar-refractivity contribution in [1.82, 2.24) is 0 Å². The predicted molar refractivity (Wildman–Crippen MR) is 85.9 cm³/mol. The largest absolute Gasteiger partial charge is 0.492 e. The van der Waals surface area contributed by atoms with E-state index < -0.39 is 0 Å². The molecular formula is C15H20ClNO2S. The van der Waals surface area contributed by atoms with E-state index in [1.165, 1.54) is 11.1 Å². The molecule has 1 heterocycles. The molecule has 1 aliphatic rings. The number of hydrogen-bond donors (Lipinski definition) is 0. The monoisotopic (exact) mass is 313 g/mol. The molecule has 0 spiro atoms. The number of ether oxygens (including phenoxy) is 1. The molecule has 1 aliphatic heterocycles. The third-order valence-corrected chi connectivity index (χ3v) is 4.36. The Balaban J connectivity index is 2.02. The Morgan fingerprint density at radius 2 is 2.20 bits per heavy atom. The summed E-state index contributed by atoms with van der Waals surface area (Å²) in [6, 6.07) is 3.98. The fraction of sp³-hybridized carbons (Fsp3) is 0.533. The molecule has 5 heteroatoms. The maximum Gasteiger partial charge on any atom is 0.138 e. The molecule has 0 amide bonds. The van der Waals surface area contributed by atoms with Crippen molar-refractivity contribution in [2.75, 3.05) is 6.61 Å². The van der Waals surface area contributed by atoms with Crippen LogP contribution in [0.5, 0.6) is 5.75 Å². The van der Waals surface area contributed by atoms with Crippen LogP contribution in [0.2, 0.25) is 5.02 Å². The standard InChI is InChI=1S/C15H20ClNO2S/c1-5-18-13-6-10(2)11(7-12(13)16)9-20-14-8-15(3,4)19-17-14/h6-7H,5,8-9H2,1-4H3. The molecule has 20 heavy (non-hydrogen) atoms. The van der Waals surface area contributed by atoms with E-state index in [1.807, 2.05) is 32.9 Å². The topological polar surface area (TPSA) is 30.8 Å². The summed E-state index contributed by atoms with van der Waals surface area (Å²) in [5, 5.41) is 5.83. The van der Waals surface area contributed by atoms with E-state index in [-0.39, 0.29) is 5.60 Å². The first-order valence-corrected chi connectivity index (χ1v) is 8.07. The molecule has 1 aromatic rings. The molecule has 0 radical (unpaired) electrons. The Labute approximate surface area is 129 Å². The van der Waals surface area contributed by atoms with Gasteiger partial charge in [0.05, 0.1) is 11.6 Å². The van der Waals surface area contributed by atoms with Crippen LogP contribution in [0.3, 0.4) is 0 Å². The molecule has 0 N–H and O–H groups in total. The van der Waals surface area contributed by atoms with Crippen LogP contribution in [0.25, 0.3) is 0 Å². The molecule has 0 atom stereocenters. The summed E-state index contributed by atoms with van der Waals surface area (Å²) < 4.78 is 5.50. The number of thioether (sulfide) groups is 1. The van der Waals surface area contributed by atoms with Crippen molar-refractivity contribution in [3.63, 3.8) is 0 Å². The molecule has 0 unspecified atom stereocenters. The number of oxime groups is 1. The van der Waals surface area contributed by atoms with Gasteiger partial charge >= 0.3 is 0 Å². The molecule has 0 fully saturated rings. The van der Waals surface area contributed by atoms with Gasteiger partial charge in [-0.15, -0.1) is 11.8 Å². The lowest BCUT2D eigenvalue weighted by molar-refractivity contribution is 0.0123. The van der Waals surface area contributed by atoms with Crippen LogP contribution in [0.15, 0.2) is 17.3 Å². The quantitative estimate of drug-likeness (QED) is 0.800. The predicted octanol–water partition coefficient (Wildman–Crippen LogP) is 4.79. The van der Waals surface area contributed by atoms with Crippen LogP contribution in [-0.4, -0.2) is 17.3 Å². The molecule has 0 aliphatic carbocycles. The Morgan fingerprint density at radius 1 is 1.45 bits per heavy atom. The van der Waals surface area contributed by atoms with Gasteiger partial charge in [-0.2, -0.15) is 0 Å². The number of halogens is 1. The normalized spacial score (nSPS) is 16.8. The van der Waals surface area contributed by atoms with E-state index >= 15 is 0 Å². The van der Waals surface area contributed by atoms with Gasteiger partial charge in [0.25, 0.3) is 0 Å². The number of aryl methyl sites for hydroxylation is 1. The van der Waals surface area contributed by atoms with Crippen molar-refractivity contribution in [2.24, 2.45) is 5.16 Å². The first-order valence-electron chi connectivity index (χ1n) is 6.71. The molecular weight excluding hydrogens is 294 g/mol. The van der Waals surface area contributed by atoms with Crippen LogP contribution in [0, 0.1) is 6.92 Å². The van der Waals surface area contributed by atoms with Crippen molar-refractivity contribution >= 4 is 28.4 Å². The Morgan fingerprint density at radius 3 is 2.80 bits per heavy atom. The average molecular weight is 314 g/mol. The number of nitrogens with zero attached hydrogens (tertiary/aromatic N) is 1. The van der Waals surface area contributed by atoms with Gasteiger partial charge in [0.15, 0.2) is 0 Å². The Kier molecular flexibility index (Phi) is 4.86. The van der Waals surface area contributed by atoms with Crippen LogP contribution >= 0.6 is 23.4 Å². The summed E-state index contributed by atoms with van der Waals surface area (Å²) in [6.07, 6.45) is 0.863.